The third kappa shape index (κ3) is 4.78. The molecule has 5 nitrogen and oxygen atoms in total. The quantitative estimate of drug-likeness (QED) is 0.251. The van der Waals surface area contributed by atoms with Crippen molar-refractivity contribution in [1.82, 2.24) is 9.88 Å². The molecule has 34 heavy (non-hydrogen) atoms. The standard InChI is InChI=1S/C25H20Cl3N3O2S/c26-17-8-4-9-18(27)22(17)20-12-11-16(33-20)14-21-24(32)31(15-6-2-1-3-7-15)25(34-21)30-19-10-5-13-29-23(19)28/h4-5,8-15H,1-3,6-7H2/b21-14+,30-25?. The number of pyridine rings is 1. The van der Waals surface area contributed by atoms with Gasteiger partial charge in [0.1, 0.15) is 17.2 Å². The molecule has 3 aromatic rings. The molecule has 9 heteroatoms. The number of hydrogen-bond donors (Lipinski definition) is 0. The van der Waals surface area contributed by atoms with Crippen molar-refractivity contribution >= 4 is 69.4 Å². The molecule has 1 aliphatic heterocycles. The zero-order valence-electron chi connectivity index (χ0n) is 18.0. The number of furan rings is 1. The van der Waals surface area contributed by atoms with Crippen molar-refractivity contribution in [2.24, 2.45) is 4.99 Å². The van der Waals surface area contributed by atoms with Crippen LogP contribution in [0.15, 0.2) is 63.0 Å². The van der Waals surface area contributed by atoms with Crippen LogP contribution in [0.2, 0.25) is 15.2 Å². The minimum absolute atomic E-state index is 0.0793. The topological polar surface area (TPSA) is 58.7 Å². The van der Waals surface area contributed by atoms with Crippen molar-refractivity contribution in [1.29, 1.82) is 0 Å². The van der Waals surface area contributed by atoms with Crippen LogP contribution in [0.25, 0.3) is 17.4 Å². The Morgan fingerprint density at radius 3 is 2.53 bits per heavy atom. The second-order valence-electron chi connectivity index (χ2n) is 8.08. The van der Waals surface area contributed by atoms with Gasteiger partial charge >= 0.3 is 0 Å². The summed E-state index contributed by atoms with van der Waals surface area (Å²) in [5.74, 6) is 0.994. The maximum Gasteiger partial charge on any atom is 0.267 e. The number of carbonyl (C=O) groups is 1. The summed E-state index contributed by atoms with van der Waals surface area (Å²) in [7, 11) is 0. The van der Waals surface area contributed by atoms with Gasteiger partial charge in [-0.2, -0.15) is 0 Å². The predicted octanol–water partition coefficient (Wildman–Crippen LogP) is 8.24. The fraction of sp³-hybridized carbons (Fsp3) is 0.240. The van der Waals surface area contributed by atoms with Crippen molar-refractivity contribution in [3.8, 4) is 11.3 Å². The normalized spacial score (nSPS) is 19.5. The van der Waals surface area contributed by atoms with Gasteiger partial charge in [-0.1, -0.05) is 60.1 Å². The van der Waals surface area contributed by atoms with E-state index in [1.807, 2.05) is 4.90 Å². The fourth-order valence-corrected chi connectivity index (χ4v) is 5.99. The number of carbonyl (C=O) groups excluding carboxylic acids is 1. The highest BCUT2D eigenvalue weighted by atomic mass is 35.5. The molecule has 0 atom stereocenters. The third-order valence-corrected chi connectivity index (χ3v) is 7.75. The van der Waals surface area contributed by atoms with E-state index in [4.69, 9.17) is 44.2 Å². The highest BCUT2D eigenvalue weighted by molar-refractivity contribution is 8.18. The molecule has 0 spiro atoms. The molecular weight excluding hydrogens is 513 g/mol. The number of halogens is 3. The Bertz CT molecular complexity index is 1280. The Kier molecular flexibility index (Phi) is 7.02. The van der Waals surface area contributed by atoms with Gasteiger partial charge in [0, 0.05) is 18.3 Å². The molecule has 2 aromatic heterocycles. The van der Waals surface area contributed by atoms with Crippen LogP contribution in [0.3, 0.4) is 0 Å². The van der Waals surface area contributed by atoms with Crippen LogP contribution in [-0.2, 0) is 4.79 Å². The monoisotopic (exact) mass is 531 g/mol. The molecule has 1 saturated heterocycles. The first kappa shape index (κ1) is 23.5. The van der Waals surface area contributed by atoms with Crippen molar-refractivity contribution < 1.29 is 9.21 Å². The predicted molar refractivity (Wildman–Crippen MR) is 140 cm³/mol. The first-order chi connectivity index (χ1) is 16.5. The zero-order valence-corrected chi connectivity index (χ0v) is 21.1. The Morgan fingerprint density at radius 2 is 1.79 bits per heavy atom. The molecule has 1 aliphatic carbocycles. The van der Waals surface area contributed by atoms with Crippen LogP contribution in [0.4, 0.5) is 5.69 Å². The van der Waals surface area contributed by atoms with Gasteiger partial charge in [-0.05, 0) is 61.0 Å². The molecule has 0 bridgehead atoms. The first-order valence-corrected chi connectivity index (χ1v) is 12.9. The maximum absolute atomic E-state index is 13.5. The van der Waals surface area contributed by atoms with E-state index >= 15 is 0 Å². The lowest BCUT2D eigenvalue weighted by Gasteiger charge is -2.30. The van der Waals surface area contributed by atoms with E-state index in [0.29, 0.717) is 48.0 Å². The van der Waals surface area contributed by atoms with Gasteiger partial charge in [0.25, 0.3) is 5.91 Å². The number of hydrogen-bond acceptors (Lipinski definition) is 5. The lowest BCUT2D eigenvalue weighted by atomic mass is 9.94. The summed E-state index contributed by atoms with van der Waals surface area (Å²) >= 11 is 20.2. The van der Waals surface area contributed by atoms with Gasteiger partial charge in [0.2, 0.25) is 0 Å². The fourth-order valence-electron chi connectivity index (χ4n) is 4.22. The van der Waals surface area contributed by atoms with Gasteiger partial charge in [0.15, 0.2) is 10.3 Å². The number of amidine groups is 1. The molecule has 1 saturated carbocycles. The Hall–Kier alpha value is -2.25. The SMILES string of the molecule is O=C1/C(=C\c2ccc(-c3c(Cl)cccc3Cl)o2)SC(=Nc2cccnc2Cl)N1C1CCCCC1. The number of aromatic nitrogens is 1. The van der Waals surface area contributed by atoms with E-state index in [-0.39, 0.29) is 11.9 Å². The molecule has 0 radical (unpaired) electrons. The van der Waals surface area contributed by atoms with Gasteiger partial charge in [0.05, 0.1) is 20.5 Å². The average Bonchev–Trinajstić information content (AvgIpc) is 3.40. The average molecular weight is 533 g/mol. The lowest BCUT2D eigenvalue weighted by molar-refractivity contribution is -0.124. The van der Waals surface area contributed by atoms with Crippen LogP contribution >= 0.6 is 46.6 Å². The minimum Gasteiger partial charge on any atom is -0.457 e. The molecule has 5 rings (SSSR count). The Balaban J connectivity index is 1.49. The van der Waals surface area contributed by atoms with Crippen LogP contribution < -0.4 is 0 Å². The van der Waals surface area contributed by atoms with Crippen molar-refractivity contribution in [2.45, 2.75) is 38.1 Å². The number of rotatable bonds is 4. The van der Waals surface area contributed by atoms with Crippen LogP contribution in [0.5, 0.6) is 0 Å². The summed E-state index contributed by atoms with van der Waals surface area (Å²) in [6, 6.07) is 12.6. The second kappa shape index (κ2) is 10.2. The van der Waals surface area contributed by atoms with Gasteiger partial charge in [-0.15, -0.1) is 0 Å². The first-order valence-electron chi connectivity index (χ1n) is 11.0. The number of thioether (sulfide) groups is 1. The van der Waals surface area contributed by atoms with E-state index in [9.17, 15) is 4.79 Å². The second-order valence-corrected chi connectivity index (χ2v) is 10.3. The number of nitrogens with zero attached hydrogens (tertiary/aromatic N) is 3. The van der Waals surface area contributed by atoms with Crippen LogP contribution in [-0.4, -0.2) is 27.0 Å². The van der Waals surface area contributed by atoms with Gasteiger partial charge < -0.3 is 4.42 Å². The smallest absolute Gasteiger partial charge is 0.267 e. The molecule has 3 heterocycles. The van der Waals surface area contributed by atoms with E-state index < -0.39 is 0 Å². The lowest BCUT2D eigenvalue weighted by Crippen LogP contribution is -2.40. The summed E-state index contributed by atoms with van der Waals surface area (Å²) in [5.41, 5.74) is 1.16. The number of benzene rings is 1. The van der Waals surface area contributed by atoms with Gasteiger partial charge in [-0.25, -0.2) is 9.98 Å². The van der Waals surface area contributed by atoms with Crippen molar-refractivity contribution in [2.75, 3.05) is 0 Å². The molecular formula is C25H20Cl3N3O2S. The van der Waals surface area contributed by atoms with E-state index in [2.05, 4.69) is 4.98 Å². The van der Waals surface area contributed by atoms with Crippen LogP contribution in [0, 0.1) is 0 Å². The molecule has 2 fully saturated rings. The van der Waals surface area contributed by atoms with E-state index in [0.717, 1.165) is 25.7 Å². The van der Waals surface area contributed by atoms with Crippen LogP contribution in [0.1, 0.15) is 37.9 Å². The summed E-state index contributed by atoms with van der Waals surface area (Å²) in [6.07, 6.45) is 8.64. The summed E-state index contributed by atoms with van der Waals surface area (Å²) in [5, 5.41) is 1.91. The maximum atomic E-state index is 13.5. The van der Waals surface area contributed by atoms with Crippen molar-refractivity contribution in [3.05, 3.63) is 74.5 Å². The van der Waals surface area contributed by atoms with E-state index in [1.54, 1.807) is 54.7 Å². The van der Waals surface area contributed by atoms with E-state index in [1.165, 1.54) is 18.2 Å². The summed E-state index contributed by atoms with van der Waals surface area (Å²) < 4.78 is 5.99. The third-order valence-electron chi connectivity index (χ3n) is 5.84. The van der Waals surface area contributed by atoms with Crippen molar-refractivity contribution in [3.63, 3.8) is 0 Å². The number of amides is 1. The minimum atomic E-state index is -0.0793. The summed E-state index contributed by atoms with van der Waals surface area (Å²) in [4.78, 5) is 24.7. The highest BCUT2D eigenvalue weighted by Crippen LogP contribution is 2.40. The molecule has 0 unspecified atom stereocenters. The molecule has 1 aromatic carbocycles. The highest BCUT2D eigenvalue weighted by Gasteiger charge is 2.39. The largest absolute Gasteiger partial charge is 0.457 e. The zero-order chi connectivity index (χ0) is 23.7. The molecule has 1 amide bonds. The Labute approximate surface area is 216 Å². The molecule has 174 valence electrons. The molecule has 2 aliphatic rings. The Morgan fingerprint density at radius 1 is 1.03 bits per heavy atom. The van der Waals surface area contributed by atoms with Gasteiger partial charge in [-0.3, -0.25) is 9.69 Å². The summed E-state index contributed by atoms with van der Waals surface area (Å²) in [6.45, 7) is 0. The number of aliphatic imine (C=N–C) groups is 1. The molecule has 0 N–H and O–H groups in total.